The third kappa shape index (κ3) is 2.84. The van der Waals surface area contributed by atoms with E-state index in [1.807, 2.05) is 0 Å². The monoisotopic (exact) mass is 245 g/mol. The molecular weight excluding hydrogens is 238 g/mol. The number of hydrogen-bond donors (Lipinski definition) is 1. The molecule has 0 spiro atoms. The zero-order valence-electron chi connectivity index (χ0n) is 8.08. The first-order chi connectivity index (χ1) is 7.41. The molecule has 0 bridgehead atoms. The third-order valence-electron chi connectivity index (χ3n) is 1.72. The minimum Gasteiger partial charge on any atom is -0.339 e. The summed E-state index contributed by atoms with van der Waals surface area (Å²) >= 11 is -2.80. The zero-order chi connectivity index (χ0) is 12.3. The van der Waals surface area contributed by atoms with Crippen molar-refractivity contribution in [3.05, 3.63) is 39.4 Å². The molecule has 16 heavy (non-hydrogen) atoms. The lowest BCUT2D eigenvalue weighted by molar-refractivity contribution is -0.385. The van der Waals surface area contributed by atoms with E-state index in [-0.39, 0.29) is 5.56 Å². The first-order valence-electron chi connectivity index (χ1n) is 4.00. The number of benzene rings is 1. The SMILES string of the molecule is Cc1ccc(C(=O)OS(=O)O)c([N+](=O)[O-])c1. The van der Waals surface area contributed by atoms with Crippen LogP contribution in [0.25, 0.3) is 0 Å². The van der Waals surface area contributed by atoms with Crippen molar-refractivity contribution in [3.63, 3.8) is 0 Å². The molecule has 0 radical (unpaired) electrons. The number of nitrogens with zero attached hydrogens (tertiary/aromatic N) is 1. The molecule has 0 aliphatic rings. The van der Waals surface area contributed by atoms with Gasteiger partial charge in [0.1, 0.15) is 5.56 Å². The fourth-order valence-electron chi connectivity index (χ4n) is 1.07. The Morgan fingerprint density at radius 3 is 2.69 bits per heavy atom. The van der Waals surface area contributed by atoms with Crippen molar-refractivity contribution in [2.45, 2.75) is 6.92 Å². The van der Waals surface area contributed by atoms with Crippen LogP contribution in [0, 0.1) is 17.0 Å². The molecule has 1 unspecified atom stereocenters. The molecule has 0 saturated carbocycles. The molecule has 7 nitrogen and oxygen atoms in total. The molecule has 0 fully saturated rings. The highest BCUT2D eigenvalue weighted by Gasteiger charge is 2.22. The van der Waals surface area contributed by atoms with Crippen molar-refractivity contribution in [3.8, 4) is 0 Å². The average molecular weight is 245 g/mol. The van der Waals surface area contributed by atoms with Crippen LogP contribution in [-0.2, 0) is 15.5 Å². The Morgan fingerprint density at radius 2 is 2.19 bits per heavy atom. The van der Waals surface area contributed by atoms with Crippen LogP contribution in [0.1, 0.15) is 15.9 Å². The quantitative estimate of drug-likeness (QED) is 0.487. The van der Waals surface area contributed by atoms with Gasteiger partial charge in [0.25, 0.3) is 5.69 Å². The van der Waals surface area contributed by atoms with Gasteiger partial charge in [0.15, 0.2) is 0 Å². The fourth-order valence-corrected chi connectivity index (χ4v) is 1.29. The lowest BCUT2D eigenvalue weighted by Gasteiger charge is -2.01. The number of nitro benzene ring substituents is 1. The first-order valence-corrected chi connectivity index (χ1v) is 5.03. The van der Waals surface area contributed by atoms with Crippen LogP contribution in [-0.4, -0.2) is 19.7 Å². The summed E-state index contributed by atoms with van der Waals surface area (Å²) < 4.78 is 22.5. The molecule has 1 rings (SSSR count). The largest absolute Gasteiger partial charge is 0.360 e. The second-order valence-corrected chi connectivity index (χ2v) is 3.47. The highest BCUT2D eigenvalue weighted by Crippen LogP contribution is 2.21. The fraction of sp³-hybridized carbons (Fsp3) is 0.125. The Bertz CT molecular complexity index is 472. The minimum absolute atomic E-state index is 0.363. The standard InChI is InChI=1S/C8H7NO6S/c1-5-2-3-6(7(4-5)9(11)12)8(10)15-16(13)14/h2-4H,1H3,(H,13,14). The molecular formula is C8H7NO6S. The summed E-state index contributed by atoms with van der Waals surface area (Å²) in [5.41, 5.74) is -0.234. The zero-order valence-corrected chi connectivity index (χ0v) is 8.89. The molecule has 0 heterocycles. The number of carbonyl (C=O) groups excluding carboxylic acids is 1. The molecule has 86 valence electrons. The predicted molar refractivity (Wildman–Crippen MR) is 54.0 cm³/mol. The van der Waals surface area contributed by atoms with Gasteiger partial charge >= 0.3 is 17.3 Å². The van der Waals surface area contributed by atoms with E-state index in [9.17, 15) is 19.1 Å². The Morgan fingerprint density at radius 1 is 1.56 bits per heavy atom. The maximum absolute atomic E-state index is 11.2. The summed E-state index contributed by atoms with van der Waals surface area (Å²) in [6, 6.07) is 3.81. The van der Waals surface area contributed by atoms with Crippen LogP contribution in [0.3, 0.4) is 0 Å². The topological polar surface area (TPSA) is 107 Å². The van der Waals surface area contributed by atoms with E-state index in [0.717, 1.165) is 0 Å². The second-order valence-electron chi connectivity index (χ2n) is 2.87. The smallest absolute Gasteiger partial charge is 0.339 e. The van der Waals surface area contributed by atoms with Crippen LogP contribution in [0.5, 0.6) is 0 Å². The Balaban J connectivity index is 3.17. The summed E-state index contributed by atoms with van der Waals surface area (Å²) in [6.45, 7) is 1.62. The van der Waals surface area contributed by atoms with Gasteiger partial charge in [-0.05, 0) is 18.6 Å². The molecule has 0 amide bonds. The van der Waals surface area contributed by atoms with Crippen LogP contribution in [0.15, 0.2) is 18.2 Å². The number of rotatable bonds is 3. The van der Waals surface area contributed by atoms with Gasteiger partial charge in [-0.25, -0.2) is 4.79 Å². The Kier molecular flexibility index (Phi) is 3.69. The van der Waals surface area contributed by atoms with Crippen molar-refractivity contribution in [2.24, 2.45) is 0 Å². The molecule has 0 aromatic heterocycles. The van der Waals surface area contributed by atoms with Crippen molar-refractivity contribution >= 4 is 23.0 Å². The van der Waals surface area contributed by atoms with E-state index in [1.54, 1.807) is 6.92 Å². The van der Waals surface area contributed by atoms with E-state index in [1.165, 1.54) is 18.2 Å². The van der Waals surface area contributed by atoms with Crippen LogP contribution >= 0.6 is 0 Å². The lowest BCUT2D eigenvalue weighted by Crippen LogP contribution is -2.09. The van der Waals surface area contributed by atoms with Crippen molar-refractivity contribution in [1.82, 2.24) is 0 Å². The van der Waals surface area contributed by atoms with Gasteiger partial charge in [-0.3, -0.25) is 14.7 Å². The molecule has 1 N–H and O–H groups in total. The highest BCUT2D eigenvalue weighted by atomic mass is 32.2. The lowest BCUT2D eigenvalue weighted by atomic mass is 10.1. The molecule has 1 atom stereocenters. The third-order valence-corrected chi connectivity index (χ3v) is 2.01. The van der Waals surface area contributed by atoms with E-state index in [4.69, 9.17) is 4.55 Å². The molecule has 1 aromatic rings. The van der Waals surface area contributed by atoms with Crippen LogP contribution in [0.4, 0.5) is 5.69 Å². The van der Waals surface area contributed by atoms with Crippen LogP contribution < -0.4 is 0 Å². The van der Waals surface area contributed by atoms with Gasteiger partial charge in [-0.1, -0.05) is 6.07 Å². The summed E-state index contributed by atoms with van der Waals surface area (Å²) in [7, 11) is 0. The average Bonchev–Trinajstić information content (AvgIpc) is 2.16. The van der Waals surface area contributed by atoms with Gasteiger partial charge in [-0.2, -0.15) is 4.21 Å². The number of nitro groups is 1. The van der Waals surface area contributed by atoms with Crippen molar-refractivity contribution < 1.29 is 22.7 Å². The van der Waals surface area contributed by atoms with E-state index >= 15 is 0 Å². The van der Waals surface area contributed by atoms with Gasteiger partial charge in [0.2, 0.25) is 0 Å². The molecule has 1 aromatic carbocycles. The van der Waals surface area contributed by atoms with Crippen LogP contribution in [0.2, 0.25) is 0 Å². The maximum Gasteiger partial charge on any atom is 0.360 e. The predicted octanol–water partition coefficient (Wildman–Crippen LogP) is 1.20. The number of hydrogen-bond acceptors (Lipinski definition) is 5. The first kappa shape index (κ1) is 12.3. The highest BCUT2D eigenvalue weighted by molar-refractivity contribution is 7.74. The molecule has 8 heteroatoms. The summed E-state index contributed by atoms with van der Waals surface area (Å²) in [4.78, 5) is 21.1. The summed E-state index contributed by atoms with van der Waals surface area (Å²) in [5.74, 6) is -1.22. The molecule has 0 aliphatic heterocycles. The molecule has 0 aliphatic carbocycles. The van der Waals surface area contributed by atoms with Crippen molar-refractivity contribution in [2.75, 3.05) is 0 Å². The van der Waals surface area contributed by atoms with E-state index in [2.05, 4.69) is 4.18 Å². The minimum atomic E-state index is -2.80. The number of carbonyl (C=O) groups is 1. The maximum atomic E-state index is 11.2. The van der Waals surface area contributed by atoms with E-state index in [0.29, 0.717) is 5.56 Å². The summed E-state index contributed by atoms with van der Waals surface area (Å²) in [6.07, 6.45) is 0. The summed E-state index contributed by atoms with van der Waals surface area (Å²) in [5, 5.41) is 10.6. The number of aryl methyl sites for hydroxylation is 1. The van der Waals surface area contributed by atoms with Gasteiger partial charge < -0.3 is 4.18 Å². The van der Waals surface area contributed by atoms with Gasteiger partial charge in [0.05, 0.1) is 4.92 Å². The normalized spacial score (nSPS) is 11.9. The Hall–Kier alpha value is -1.80. The second kappa shape index (κ2) is 4.81. The van der Waals surface area contributed by atoms with Crippen molar-refractivity contribution in [1.29, 1.82) is 0 Å². The van der Waals surface area contributed by atoms with E-state index < -0.39 is 27.9 Å². The Labute approximate surface area is 92.7 Å². The molecule has 0 saturated heterocycles. The van der Waals surface area contributed by atoms with Gasteiger partial charge in [-0.15, -0.1) is 0 Å². The van der Waals surface area contributed by atoms with Gasteiger partial charge in [0, 0.05) is 6.07 Å².